The van der Waals surface area contributed by atoms with Crippen molar-refractivity contribution in [3.8, 4) is 0 Å². The number of aliphatic imine (C=N–C) groups is 1. The summed E-state index contributed by atoms with van der Waals surface area (Å²) in [5.74, 6) is 1.70. The Morgan fingerprint density at radius 1 is 1.19 bits per heavy atom. The highest BCUT2D eigenvalue weighted by Crippen LogP contribution is 2.27. The van der Waals surface area contributed by atoms with Gasteiger partial charge in [0.25, 0.3) is 5.91 Å². The molecule has 0 saturated heterocycles. The molecule has 1 fully saturated rings. The molecule has 0 unspecified atom stereocenters. The fraction of sp³-hybridized carbons (Fsp3) is 0.368. The predicted molar refractivity (Wildman–Crippen MR) is 114 cm³/mol. The summed E-state index contributed by atoms with van der Waals surface area (Å²) < 4.78 is 5.08. The number of carbonyl (C=O) groups excluding carboxylic acids is 1. The van der Waals surface area contributed by atoms with Gasteiger partial charge in [-0.25, -0.2) is 4.99 Å². The van der Waals surface area contributed by atoms with E-state index in [-0.39, 0.29) is 29.9 Å². The molecule has 7 heteroatoms. The molecule has 1 amide bonds. The number of benzene rings is 1. The van der Waals surface area contributed by atoms with E-state index >= 15 is 0 Å². The normalized spacial score (nSPS) is 13.7. The minimum absolute atomic E-state index is 0. The number of nitrogens with zero attached hydrogens (tertiary/aromatic N) is 1. The monoisotopic (exact) mass is 468 g/mol. The molecule has 0 aliphatic heterocycles. The van der Waals surface area contributed by atoms with Crippen LogP contribution >= 0.6 is 24.0 Å². The maximum Gasteiger partial charge on any atom is 0.291 e. The number of anilines is 1. The van der Waals surface area contributed by atoms with Crippen molar-refractivity contribution in [1.29, 1.82) is 0 Å². The van der Waals surface area contributed by atoms with Gasteiger partial charge in [-0.05, 0) is 55.5 Å². The Bertz CT molecular complexity index is 710. The summed E-state index contributed by atoms with van der Waals surface area (Å²) in [6.45, 7) is 4.48. The second-order valence-electron chi connectivity index (χ2n) is 6.15. The van der Waals surface area contributed by atoms with E-state index in [9.17, 15) is 4.79 Å². The summed E-state index contributed by atoms with van der Waals surface area (Å²) in [7, 11) is 0. The van der Waals surface area contributed by atoms with Gasteiger partial charge in [0.05, 0.1) is 12.8 Å². The van der Waals surface area contributed by atoms with E-state index in [2.05, 4.69) is 27.9 Å². The van der Waals surface area contributed by atoms with Gasteiger partial charge in [0.2, 0.25) is 0 Å². The summed E-state index contributed by atoms with van der Waals surface area (Å²) >= 11 is 0. The van der Waals surface area contributed by atoms with Crippen LogP contribution in [0.2, 0.25) is 0 Å². The van der Waals surface area contributed by atoms with Gasteiger partial charge in [-0.2, -0.15) is 0 Å². The molecule has 3 N–H and O–H groups in total. The maximum absolute atomic E-state index is 11.9. The van der Waals surface area contributed by atoms with Crippen molar-refractivity contribution in [2.75, 3.05) is 18.4 Å². The molecule has 0 spiro atoms. The molecular weight excluding hydrogens is 443 g/mol. The quantitative estimate of drug-likeness (QED) is 0.330. The first-order valence-electron chi connectivity index (χ1n) is 8.70. The number of hydrogen-bond acceptors (Lipinski definition) is 3. The van der Waals surface area contributed by atoms with Gasteiger partial charge in [0, 0.05) is 18.8 Å². The zero-order valence-corrected chi connectivity index (χ0v) is 17.2. The van der Waals surface area contributed by atoms with Crippen LogP contribution in [-0.4, -0.2) is 25.0 Å². The number of carbonyl (C=O) groups is 1. The van der Waals surface area contributed by atoms with E-state index in [1.54, 1.807) is 12.1 Å². The molecule has 2 aromatic rings. The molecule has 26 heavy (non-hydrogen) atoms. The van der Waals surface area contributed by atoms with Crippen LogP contribution in [0, 0.1) is 5.92 Å². The zero-order chi connectivity index (χ0) is 17.5. The summed E-state index contributed by atoms with van der Waals surface area (Å²) in [4.78, 5) is 16.5. The molecule has 3 rings (SSSR count). The Balaban J connectivity index is 0.00000243. The van der Waals surface area contributed by atoms with E-state index < -0.39 is 0 Å². The van der Waals surface area contributed by atoms with Gasteiger partial charge in [-0.15, -0.1) is 24.0 Å². The van der Waals surface area contributed by atoms with Crippen LogP contribution in [0.4, 0.5) is 5.69 Å². The average Bonchev–Trinajstić information content (AvgIpc) is 3.29. The number of hydrogen-bond donors (Lipinski definition) is 3. The molecule has 1 heterocycles. The molecule has 6 nitrogen and oxygen atoms in total. The fourth-order valence-electron chi connectivity index (χ4n) is 2.37. The largest absolute Gasteiger partial charge is 0.459 e. The molecule has 1 aromatic carbocycles. The summed E-state index contributed by atoms with van der Waals surface area (Å²) in [6, 6.07) is 11.0. The zero-order valence-electron chi connectivity index (χ0n) is 14.8. The first-order valence-corrected chi connectivity index (χ1v) is 8.70. The third kappa shape index (κ3) is 6.36. The second-order valence-corrected chi connectivity index (χ2v) is 6.15. The summed E-state index contributed by atoms with van der Waals surface area (Å²) in [5.41, 5.74) is 1.81. The van der Waals surface area contributed by atoms with Crippen LogP contribution in [0.1, 0.15) is 35.9 Å². The molecule has 0 atom stereocenters. The third-order valence-electron chi connectivity index (χ3n) is 3.98. The maximum atomic E-state index is 11.9. The van der Waals surface area contributed by atoms with Gasteiger partial charge in [-0.1, -0.05) is 12.1 Å². The highest BCUT2D eigenvalue weighted by atomic mass is 127. The summed E-state index contributed by atoms with van der Waals surface area (Å²) in [6.07, 6.45) is 4.12. The van der Waals surface area contributed by atoms with Crippen molar-refractivity contribution < 1.29 is 9.21 Å². The number of furan rings is 1. The van der Waals surface area contributed by atoms with Crippen molar-refractivity contribution in [3.05, 3.63) is 54.0 Å². The first kappa shape index (κ1) is 20.3. The Hall–Kier alpha value is -2.03. The second kappa shape index (κ2) is 10.2. The van der Waals surface area contributed by atoms with Gasteiger partial charge in [0.1, 0.15) is 0 Å². The topological polar surface area (TPSA) is 78.7 Å². The fourth-order valence-corrected chi connectivity index (χ4v) is 2.37. The number of halogens is 1. The van der Waals surface area contributed by atoms with Crippen LogP contribution in [0.25, 0.3) is 0 Å². The molecule has 0 radical (unpaired) electrons. The Morgan fingerprint density at radius 3 is 2.58 bits per heavy atom. The van der Waals surface area contributed by atoms with E-state index in [1.807, 2.05) is 24.3 Å². The number of guanidine groups is 1. The minimum Gasteiger partial charge on any atom is -0.459 e. The van der Waals surface area contributed by atoms with Crippen molar-refractivity contribution >= 4 is 41.5 Å². The van der Waals surface area contributed by atoms with Crippen molar-refractivity contribution in [2.24, 2.45) is 10.9 Å². The highest BCUT2D eigenvalue weighted by molar-refractivity contribution is 14.0. The van der Waals surface area contributed by atoms with Gasteiger partial charge in [-0.3, -0.25) is 4.79 Å². The lowest BCUT2D eigenvalue weighted by molar-refractivity contribution is 0.0996. The molecule has 140 valence electrons. The van der Waals surface area contributed by atoms with Gasteiger partial charge < -0.3 is 20.4 Å². The molecule has 1 saturated carbocycles. The number of rotatable bonds is 7. The van der Waals surface area contributed by atoms with Crippen LogP contribution in [0.15, 0.2) is 52.1 Å². The Labute approximate surface area is 170 Å². The SMILES string of the molecule is CCNC(=NCc1ccc(NC(=O)c2ccco2)cc1)NCC1CC1.I. The number of nitrogens with one attached hydrogen (secondary N) is 3. The van der Waals surface area contributed by atoms with E-state index in [0.29, 0.717) is 12.3 Å². The van der Waals surface area contributed by atoms with Crippen molar-refractivity contribution in [2.45, 2.75) is 26.3 Å². The average molecular weight is 468 g/mol. The molecule has 1 aromatic heterocycles. The molecular formula is C19H25IN4O2. The van der Waals surface area contributed by atoms with E-state index in [4.69, 9.17) is 4.42 Å². The molecule has 1 aliphatic carbocycles. The molecule has 1 aliphatic rings. The van der Waals surface area contributed by atoms with Crippen LogP contribution < -0.4 is 16.0 Å². The van der Waals surface area contributed by atoms with E-state index in [1.165, 1.54) is 19.1 Å². The smallest absolute Gasteiger partial charge is 0.291 e. The standard InChI is InChI=1S/C19H24N4O2.HI/c1-2-20-19(21-12-14-5-6-14)22-13-15-7-9-16(10-8-15)23-18(24)17-4-3-11-25-17;/h3-4,7-11,14H,2,5-6,12-13H2,1H3,(H,23,24)(H2,20,21,22);1H. The van der Waals surface area contributed by atoms with Crippen LogP contribution in [-0.2, 0) is 6.54 Å². The van der Waals surface area contributed by atoms with Crippen molar-refractivity contribution in [3.63, 3.8) is 0 Å². The van der Waals surface area contributed by atoms with Crippen molar-refractivity contribution in [1.82, 2.24) is 10.6 Å². The molecule has 0 bridgehead atoms. The lowest BCUT2D eigenvalue weighted by Crippen LogP contribution is -2.38. The third-order valence-corrected chi connectivity index (χ3v) is 3.98. The Kier molecular flexibility index (Phi) is 7.96. The highest BCUT2D eigenvalue weighted by Gasteiger charge is 2.21. The first-order chi connectivity index (χ1) is 12.2. The Morgan fingerprint density at radius 2 is 1.96 bits per heavy atom. The lowest BCUT2D eigenvalue weighted by atomic mass is 10.2. The lowest BCUT2D eigenvalue weighted by Gasteiger charge is -2.11. The summed E-state index contributed by atoms with van der Waals surface area (Å²) in [5, 5.41) is 9.44. The minimum atomic E-state index is -0.255. The number of amides is 1. The van der Waals surface area contributed by atoms with Crippen LogP contribution in [0.3, 0.4) is 0 Å². The van der Waals surface area contributed by atoms with Crippen LogP contribution in [0.5, 0.6) is 0 Å². The van der Waals surface area contributed by atoms with Gasteiger partial charge >= 0.3 is 0 Å². The van der Waals surface area contributed by atoms with E-state index in [0.717, 1.165) is 36.2 Å². The predicted octanol–water partition coefficient (Wildman–Crippen LogP) is 3.62. The van der Waals surface area contributed by atoms with Gasteiger partial charge in [0.15, 0.2) is 11.7 Å².